The number of carbonyl (C=O) groups is 2. The molecular weight excluding hydrogens is 264 g/mol. The van der Waals surface area contributed by atoms with Gasteiger partial charge in [0.25, 0.3) is 0 Å². The summed E-state index contributed by atoms with van der Waals surface area (Å²) in [5.74, 6) is -2.17. The Morgan fingerprint density at radius 2 is 2.00 bits per heavy atom. The van der Waals surface area contributed by atoms with Gasteiger partial charge in [0.1, 0.15) is 6.10 Å². The average molecular weight is 276 g/mol. The van der Waals surface area contributed by atoms with Gasteiger partial charge in [-0.2, -0.15) is 0 Å². The summed E-state index contributed by atoms with van der Waals surface area (Å²) in [5.41, 5.74) is 5.32. The Hall–Kier alpha value is -2.74. The maximum absolute atomic E-state index is 11.1. The number of aliphatic hydroxyl groups excluding tert-OH is 1. The van der Waals surface area contributed by atoms with Gasteiger partial charge in [0.2, 0.25) is 5.91 Å². The van der Waals surface area contributed by atoms with Crippen LogP contribution in [0.3, 0.4) is 0 Å². The summed E-state index contributed by atoms with van der Waals surface area (Å²) < 4.78 is 0. The number of rotatable bonds is 5. The number of fused-ring (bicyclic) bond motifs is 1. The van der Waals surface area contributed by atoms with E-state index in [1.807, 2.05) is 0 Å². The van der Waals surface area contributed by atoms with Gasteiger partial charge in [-0.25, -0.2) is 4.79 Å². The lowest BCUT2D eigenvalue weighted by Crippen LogP contribution is -2.34. The number of benzene rings is 1. The molecule has 1 aromatic heterocycles. The van der Waals surface area contributed by atoms with Crippen LogP contribution in [0.2, 0.25) is 0 Å². The molecule has 0 bridgehead atoms. The summed E-state index contributed by atoms with van der Waals surface area (Å²) in [6, 6.07) is 6.78. The van der Waals surface area contributed by atoms with Crippen molar-refractivity contribution in [1.29, 1.82) is 0 Å². The molecule has 1 heterocycles. The van der Waals surface area contributed by atoms with Gasteiger partial charge in [-0.3, -0.25) is 4.79 Å². The molecule has 0 fully saturated rings. The van der Waals surface area contributed by atoms with Crippen LogP contribution < -0.4 is 11.1 Å². The zero-order valence-electron chi connectivity index (χ0n) is 10.3. The first-order chi connectivity index (χ1) is 9.50. The van der Waals surface area contributed by atoms with E-state index in [2.05, 4.69) is 15.5 Å². The number of carboxylic acids is 1. The molecule has 0 saturated carbocycles. The van der Waals surface area contributed by atoms with Crippen molar-refractivity contribution >= 4 is 28.5 Å². The van der Waals surface area contributed by atoms with Gasteiger partial charge in [-0.05, 0) is 6.07 Å². The summed E-state index contributed by atoms with van der Waals surface area (Å²) in [5, 5.41) is 29.1. The van der Waals surface area contributed by atoms with Crippen molar-refractivity contribution in [2.24, 2.45) is 5.73 Å². The maximum Gasteiger partial charge on any atom is 0.358 e. The first kappa shape index (κ1) is 13.7. The molecule has 5 N–H and O–H groups in total. The monoisotopic (exact) mass is 276 g/mol. The lowest BCUT2D eigenvalue weighted by molar-refractivity contribution is -0.125. The van der Waals surface area contributed by atoms with Crippen molar-refractivity contribution in [1.82, 2.24) is 10.2 Å². The fourth-order valence-corrected chi connectivity index (χ4v) is 1.68. The summed E-state index contributed by atoms with van der Waals surface area (Å²) >= 11 is 0. The van der Waals surface area contributed by atoms with Crippen LogP contribution in [0, 0.1) is 0 Å². The molecule has 20 heavy (non-hydrogen) atoms. The van der Waals surface area contributed by atoms with Crippen LogP contribution in [0.4, 0.5) is 5.69 Å². The average Bonchev–Trinajstić information content (AvgIpc) is 2.43. The molecule has 0 aliphatic rings. The zero-order valence-corrected chi connectivity index (χ0v) is 10.3. The highest BCUT2D eigenvalue weighted by molar-refractivity contribution is 6.02. The summed E-state index contributed by atoms with van der Waals surface area (Å²) in [4.78, 5) is 21.9. The molecule has 0 spiro atoms. The number of hydrogen-bond acceptors (Lipinski definition) is 6. The molecule has 1 aromatic carbocycles. The smallest absolute Gasteiger partial charge is 0.358 e. The maximum atomic E-state index is 11.1. The van der Waals surface area contributed by atoms with Crippen LogP contribution in [0.15, 0.2) is 24.3 Å². The van der Waals surface area contributed by atoms with E-state index >= 15 is 0 Å². The molecule has 8 heteroatoms. The van der Waals surface area contributed by atoms with Gasteiger partial charge in [-0.1, -0.05) is 18.2 Å². The quantitative estimate of drug-likeness (QED) is 0.582. The zero-order chi connectivity index (χ0) is 14.7. The first-order valence-electron chi connectivity index (χ1n) is 5.70. The van der Waals surface area contributed by atoms with Gasteiger partial charge < -0.3 is 21.3 Å². The standard InChI is InChI=1S/C12H12N4O4/c13-11(18)8(17)5-14-9-6-3-1-2-4-7(6)15-16-10(9)12(19)20/h1-4,8,17H,5H2,(H2,13,18)(H,14,15)(H,19,20). The number of primary amides is 1. The second-order valence-electron chi connectivity index (χ2n) is 4.04. The number of aromatic nitrogens is 2. The van der Waals surface area contributed by atoms with Gasteiger partial charge >= 0.3 is 5.97 Å². The van der Waals surface area contributed by atoms with Crippen molar-refractivity contribution < 1.29 is 19.8 Å². The van der Waals surface area contributed by atoms with Crippen molar-refractivity contribution in [3.63, 3.8) is 0 Å². The van der Waals surface area contributed by atoms with Gasteiger partial charge in [0.15, 0.2) is 5.69 Å². The van der Waals surface area contributed by atoms with Crippen LogP contribution in [-0.4, -0.2) is 44.9 Å². The number of amides is 1. The number of hydrogen-bond donors (Lipinski definition) is 4. The van der Waals surface area contributed by atoms with E-state index < -0.39 is 18.0 Å². The Morgan fingerprint density at radius 3 is 2.65 bits per heavy atom. The predicted molar refractivity (Wildman–Crippen MR) is 70.2 cm³/mol. The van der Waals surface area contributed by atoms with Gasteiger partial charge in [0.05, 0.1) is 11.2 Å². The van der Waals surface area contributed by atoms with Crippen LogP contribution in [0.1, 0.15) is 10.5 Å². The molecule has 0 aliphatic heterocycles. The van der Waals surface area contributed by atoms with E-state index in [4.69, 9.17) is 10.8 Å². The number of nitrogens with two attached hydrogens (primary N) is 1. The molecule has 0 aliphatic carbocycles. The molecule has 0 radical (unpaired) electrons. The van der Waals surface area contributed by atoms with Gasteiger partial charge in [0, 0.05) is 11.9 Å². The van der Waals surface area contributed by atoms with E-state index in [-0.39, 0.29) is 17.9 Å². The Morgan fingerprint density at radius 1 is 1.30 bits per heavy atom. The van der Waals surface area contributed by atoms with E-state index in [0.29, 0.717) is 10.9 Å². The Balaban J connectivity index is 2.44. The molecule has 2 rings (SSSR count). The Bertz CT molecular complexity index is 674. The number of nitrogens with zero attached hydrogens (tertiary/aromatic N) is 2. The fraction of sp³-hybridized carbons (Fsp3) is 0.167. The highest BCUT2D eigenvalue weighted by Crippen LogP contribution is 2.24. The van der Waals surface area contributed by atoms with Crippen molar-refractivity contribution in [3.05, 3.63) is 30.0 Å². The van der Waals surface area contributed by atoms with Crippen LogP contribution >= 0.6 is 0 Å². The van der Waals surface area contributed by atoms with E-state index in [1.54, 1.807) is 24.3 Å². The van der Waals surface area contributed by atoms with E-state index in [1.165, 1.54) is 0 Å². The molecule has 104 valence electrons. The molecule has 1 amide bonds. The number of aliphatic hydroxyl groups is 1. The number of anilines is 1. The van der Waals surface area contributed by atoms with Crippen LogP contribution in [0.5, 0.6) is 0 Å². The Kier molecular flexibility index (Phi) is 3.76. The first-order valence-corrected chi connectivity index (χ1v) is 5.70. The lowest BCUT2D eigenvalue weighted by atomic mass is 10.1. The molecule has 2 aromatic rings. The lowest BCUT2D eigenvalue weighted by Gasteiger charge is -2.13. The van der Waals surface area contributed by atoms with Crippen LogP contribution in [0.25, 0.3) is 10.9 Å². The van der Waals surface area contributed by atoms with Gasteiger partial charge in [-0.15, -0.1) is 10.2 Å². The summed E-state index contributed by atoms with van der Waals surface area (Å²) in [7, 11) is 0. The number of aromatic carboxylic acids is 1. The third-order valence-electron chi connectivity index (χ3n) is 2.67. The number of carbonyl (C=O) groups excluding carboxylic acids is 1. The molecule has 0 saturated heterocycles. The highest BCUT2D eigenvalue weighted by atomic mass is 16.4. The van der Waals surface area contributed by atoms with E-state index in [0.717, 1.165) is 0 Å². The SMILES string of the molecule is NC(=O)C(O)CNc1c(C(=O)O)nnc2ccccc12. The molecular formula is C12H12N4O4. The molecule has 8 nitrogen and oxygen atoms in total. The topological polar surface area (TPSA) is 138 Å². The molecule has 1 unspecified atom stereocenters. The second kappa shape index (κ2) is 5.49. The minimum absolute atomic E-state index is 0.184. The number of carboxylic acid groups (broad SMARTS) is 1. The fourth-order valence-electron chi connectivity index (χ4n) is 1.68. The largest absolute Gasteiger partial charge is 0.476 e. The normalized spacial score (nSPS) is 12.1. The third kappa shape index (κ3) is 2.64. The minimum atomic E-state index is -1.43. The highest BCUT2D eigenvalue weighted by Gasteiger charge is 2.18. The summed E-state index contributed by atoms with van der Waals surface area (Å²) in [6.07, 6.45) is -1.43. The van der Waals surface area contributed by atoms with Crippen molar-refractivity contribution in [2.45, 2.75) is 6.10 Å². The van der Waals surface area contributed by atoms with E-state index in [9.17, 15) is 14.7 Å². The van der Waals surface area contributed by atoms with Crippen LogP contribution in [-0.2, 0) is 4.79 Å². The van der Waals surface area contributed by atoms with Crippen molar-refractivity contribution in [2.75, 3.05) is 11.9 Å². The predicted octanol–water partition coefficient (Wildman–Crippen LogP) is -0.414. The second-order valence-corrected chi connectivity index (χ2v) is 4.04. The molecule has 1 atom stereocenters. The number of nitrogens with one attached hydrogen (secondary N) is 1. The summed E-state index contributed by atoms with van der Waals surface area (Å²) in [6.45, 7) is -0.217. The minimum Gasteiger partial charge on any atom is -0.476 e. The third-order valence-corrected chi connectivity index (χ3v) is 2.67. The van der Waals surface area contributed by atoms with Crippen molar-refractivity contribution in [3.8, 4) is 0 Å². The Labute approximate surface area is 113 Å².